The van der Waals surface area contributed by atoms with Crippen LogP contribution in [-0.4, -0.2) is 11.2 Å². The highest BCUT2D eigenvalue weighted by Gasteiger charge is 2.07. The molecule has 0 aliphatic rings. The fourth-order valence-electron chi connectivity index (χ4n) is 1.28. The third-order valence-corrected chi connectivity index (χ3v) is 2.16. The molecule has 15 heavy (non-hydrogen) atoms. The molecule has 1 rings (SSSR count). The summed E-state index contributed by atoms with van der Waals surface area (Å²) in [7, 11) is 0. The van der Waals surface area contributed by atoms with E-state index in [-0.39, 0.29) is 12.7 Å². The van der Waals surface area contributed by atoms with Crippen LogP contribution in [0.3, 0.4) is 0 Å². The van der Waals surface area contributed by atoms with Crippen molar-refractivity contribution in [2.75, 3.05) is 0 Å². The number of benzene rings is 1. The fourth-order valence-corrected chi connectivity index (χ4v) is 1.28. The molecule has 0 saturated carbocycles. The molecule has 0 radical (unpaired) electrons. The van der Waals surface area contributed by atoms with Gasteiger partial charge in [-0.3, -0.25) is 0 Å². The third kappa shape index (κ3) is 3.61. The Morgan fingerprint density at radius 1 is 1.53 bits per heavy atom. The lowest BCUT2D eigenvalue weighted by Gasteiger charge is -2.14. The van der Waals surface area contributed by atoms with Gasteiger partial charge in [-0.15, -0.1) is 0 Å². The number of hydrogen-bond donors (Lipinski definition) is 1. The molecule has 0 saturated heterocycles. The first-order chi connectivity index (χ1) is 7.30. The van der Waals surface area contributed by atoms with Gasteiger partial charge in [0, 0.05) is 0 Å². The van der Waals surface area contributed by atoms with E-state index in [1.807, 2.05) is 25.1 Å². The number of hydrogen-bond acceptors (Lipinski definition) is 3. The second-order valence-corrected chi connectivity index (χ2v) is 3.32. The molecular formula is C12H15NO2. The molecule has 0 amide bonds. The monoisotopic (exact) mass is 205 g/mol. The second kappa shape index (κ2) is 6.05. The second-order valence-electron chi connectivity index (χ2n) is 3.32. The normalized spacial score (nSPS) is 11.8. The SMILES string of the molecule is CCC(CC#N)Oc1cccc(CO)c1. The molecule has 1 atom stereocenters. The fraction of sp³-hybridized carbons (Fsp3) is 0.417. The maximum atomic E-state index is 8.95. The Balaban J connectivity index is 2.66. The van der Waals surface area contributed by atoms with Crippen molar-refractivity contribution in [2.45, 2.75) is 32.5 Å². The highest BCUT2D eigenvalue weighted by Crippen LogP contribution is 2.17. The minimum Gasteiger partial charge on any atom is -0.489 e. The number of ether oxygens (including phenoxy) is 1. The van der Waals surface area contributed by atoms with Gasteiger partial charge in [0.05, 0.1) is 19.1 Å². The van der Waals surface area contributed by atoms with Crippen molar-refractivity contribution < 1.29 is 9.84 Å². The van der Waals surface area contributed by atoms with E-state index in [1.165, 1.54) is 0 Å². The molecule has 1 N–H and O–H groups in total. The molecule has 1 aromatic carbocycles. The van der Waals surface area contributed by atoms with Gasteiger partial charge in [-0.1, -0.05) is 19.1 Å². The van der Waals surface area contributed by atoms with E-state index in [0.29, 0.717) is 12.2 Å². The lowest BCUT2D eigenvalue weighted by Crippen LogP contribution is -2.14. The van der Waals surface area contributed by atoms with Gasteiger partial charge >= 0.3 is 0 Å². The summed E-state index contributed by atoms with van der Waals surface area (Å²) >= 11 is 0. The first-order valence-electron chi connectivity index (χ1n) is 5.03. The molecular weight excluding hydrogens is 190 g/mol. The van der Waals surface area contributed by atoms with Gasteiger partial charge in [-0.05, 0) is 24.1 Å². The topological polar surface area (TPSA) is 53.2 Å². The van der Waals surface area contributed by atoms with E-state index in [9.17, 15) is 0 Å². The highest BCUT2D eigenvalue weighted by atomic mass is 16.5. The number of nitrogens with zero attached hydrogens (tertiary/aromatic N) is 1. The predicted octanol–water partition coefficient (Wildman–Crippen LogP) is 2.25. The van der Waals surface area contributed by atoms with E-state index in [4.69, 9.17) is 15.1 Å². The van der Waals surface area contributed by atoms with Crippen LogP contribution in [0.25, 0.3) is 0 Å². The predicted molar refractivity (Wildman–Crippen MR) is 57.3 cm³/mol. The van der Waals surface area contributed by atoms with E-state index in [2.05, 4.69) is 6.07 Å². The average Bonchev–Trinajstić information content (AvgIpc) is 2.29. The van der Waals surface area contributed by atoms with Gasteiger partial charge in [-0.25, -0.2) is 0 Å². The first-order valence-corrected chi connectivity index (χ1v) is 5.03. The summed E-state index contributed by atoms with van der Waals surface area (Å²) < 4.78 is 5.61. The molecule has 0 aromatic heterocycles. The summed E-state index contributed by atoms with van der Waals surface area (Å²) in [5, 5.41) is 17.5. The Morgan fingerprint density at radius 2 is 2.33 bits per heavy atom. The van der Waals surface area contributed by atoms with Crippen LogP contribution in [0.15, 0.2) is 24.3 Å². The van der Waals surface area contributed by atoms with Crippen molar-refractivity contribution in [1.29, 1.82) is 5.26 Å². The summed E-state index contributed by atoms with van der Waals surface area (Å²) in [4.78, 5) is 0. The summed E-state index contributed by atoms with van der Waals surface area (Å²) in [6.07, 6.45) is 1.13. The number of aliphatic hydroxyl groups excluding tert-OH is 1. The van der Waals surface area contributed by atoms with Gasteiger partial charge in [0.15, 0.2) is 0 Å². The van der Waals surface area contributed by atoms with Gasteiger partial charge in [0.2, 0.25) is 0 Å². The lowest BCUT2D eigenvalue weighted by molar-refractivity contribution is 0.201. The van der Waals surface area contributed by atoms with E-state index < -0.39 is 0 Å². The van der Waals surface area contributed by atoms with Crippen LogP contribution in [0.1, 0.15) is 25.3 Å². The smallest absolute Gasteiger partial charge is 0.120 e. The molecule has 0 aliphatic carbocycles. The summed E-state index contributed by atoms with van der Waals surface area (Å²) in [6, 6.07) is 9.38. The van der Waals surface area contributed by atoms with Crippen LogP contribution < -0.4 is 4.74 Å². The van der Waals surface area contributed by atoms with Crippen LogP contribution in [0.5, 0.6) is 5.75 Å². The molecule has 0 bridgehead atoms. The molecule has 0 heterocycles. The molecule has 1 unspecified atom stereocenters. The molecule has 0 fully saturated rings. The van der Waals surface area contributed by atoms with Crippen molar-refractivity contribution >= 4 is 0 Å². The van der Waals surface area contributed by atoms with Crippen molar-refractivity contribution in [3.8, 4) is 11.8 Å². The highest BCUT2D eigenvalue weighted by molar-refractivity contribution is 5.28. The maximum absolute atomic E-state index is 8.95. The Morgan fingerprint density at radius 3 is 2.93 bits per heavy atom. The van der Waals surface area contributed by atoms with Crippen LogP contribution in [0, 0.1) is 11.3 Å². The summed E-state index contributed by atoms with van der Waals surface area (Å²) in [5.41, 5.74) is 0.819. The zero-order chi connectivity index (χ0) is 11.1. The van der Waals surface area contributed by atoms with Gasteiger partial charge in [-0.2, -0.15) is 5.26 Å². The molecule has 3 nitrogen and oxygen atoms in total. The van der Waals surface area contributed by atoms with E-state index in [0.717, 1.165) is 12.0 Å². The molecule has 0 aliphatic heterocycles. The minimum atomic E-state index is -0.0658. The van der Waals surface area contributed by atoms with Crippen molar-refractivity contribution in [3.63, 3.8) is 0 Å². The molecule has 80 valence electrons. The van der Waals surface area contributed by atoms with Gasteiger partial charge < -0.3 is 9.84 Å². The zero-order valence-corrected chi connectivity index (χ0v) is 8.81. The Hall–Kier alpha value is -1.53. The summed E-state index contributed by atoms with van der Waals surface area (Å²) in [6.45, 7) is 1.99. The van der Waals surface area contributed by atoms with Crippen LogP contribution >= 0.6 is 0 Å². The Kier molecular flexibility index (Phi) is 4.65. The maximum Gasteiger partial charge on any atom is 0.120 e. The summed E-state index contributed by atoms with van der Waals surface area (Å²) in [5.74, 6) is 0.712. The van der Waals surface area contributed by atoms with Crippen molar-refractivity contribution in [1.82, 2.24) is 0 Å². The standard InChI is InChI=1S/C12H15NO2/c1-2-11(6-7-13)15-12-5-3-4-10(8-12)9-14/h3-5,8,11,14H,2,6,9H2,1H3. The molecule has 1 aromatic rings. The largest absolute Gasteiger partial charge is 0.489 e. The molecule has 0 spiro atoms. The van der Waals surface area contributed by atoms with Gasteiger partial charge in [0.25, 0.3) is 0 Å². The quantitative estimate of drug-likeness (QED) is 0.802. The molecule has 3 heteroatoms. The number of rotatable bonds is 5. The van der Waals surface area contributed by atoms with E-state index in [1.54, 1.807) is 6.07 Å². The lowest BCUT2D eigenvalue weighted by atomic mass is 10.2. The van der Waals surface area contributed by atoms with Crippen LogP contribution in [0.4, 0.5) is 0 Å². The minimum absolute atomic E-state index is 0.00619. The van der Waals surface area contributed by atoms with E-state index >= 15 is 0 Å². The zero-order valence-electron chi connectivity index (χ0n) is 8.81. The van der Waals surface area contributed by atoms with Crippen LogP contribution in [0.2, 0.25) is 0 Å². The van der Waals surface area contributed by atoms with Crippen molar-refractivity contribution in [3.05, 3.63) is 29.8 Å². The van der Waals surface area contributed by atoms with Crippen LogP contribution in [-0.2, 0) is 6.61 Å². The number of nitriles is 1. The average molecular weight is 205 g/mol. The Labute approximate surface area is 89.9 Å². The van der Waals surface area contributed by atoms with Crippen molar-refractivity contribution in [2.24, 2.45) is 0 Å². The van der Waals surface area contributed by atoms with Gasteiger partial charge in [0.1, 0.15) is 11.9 Å². The third-order valence-electron chi connectivity index (χ3n) is 2.16. The Bertz CT molecular complexity index is 344. The first kappa shape index (κ1) is 11.5. The number of aliphatic hydroxyl groups is 1.